The van der Waals surface area contributed by atoms with Gasteiger partial charge in [-0.25, -0.2) is 0 Å². The summed E-state index contributed by atoms with van der Waals surface area (Å²) < 4.78 is 0. The van der Waals surface area contributed by atoms with Gasteiger partial charge < -0.3 is 10.2 Å². The molecule has 4 aliphatic carbocycles. The van der Waals surface area contributed by atoms with Crippen LogP contribution in [0.25, 0.3) is 0 Å². The summed E-state index contributed by atoms with van der Waals surface area (Å²) in [4.78, 5) is 0. The Kier molecular flexibility index (Phi) is 3.02. The summed E-state index contributed by atoms with van der Waals surface area (Å²) in [5.74, 6) is 1.08. The van der Waals surface area contributed by atoms with Gasteiger partial charge >= 0.3 is 0 Å². The molecule has 4 bridgehead atoms. The molecule has 0 amide bonds. The largest absolute Gasteiger partial charge is 0.385 e. The van der Waals surface area contributed by atoms with E-state index in [4.69, 9.17) is 0 Å². The first-order valence-electron chi connectivity index (χ1n) is 9.19. The molecule has 2 aromatic carbocycles. The van der Waals surface area contributed by atoms with E-state index in [2.05, 4.69) is 24.3 Å². The molecule has 2 heteroatoms. The van der Waals surface area contributed by atoms with E-state index >= 15 is 0 Å². The Hall–Kier alpha value is -1.64. The fourth-order valence-electron chi connectivity index (χ4n) is 6.22. The standard InChI is InChI=1S/C22H24O2/c23-21(15-7-3-1-4-8-15)17-11-19-13-18(21)14-20(12-17)22(19,24)16-9-5-2-6-10-16/h1-10,17-20,23-24H,11-14H2. The third-order valence-corrected chi connectivity index (χ3v) is 7.24. The molecular formula is C22H24O2. The van der Waals surface area contributed by atoms with E-state index < -0.39 is 11.2 Å². The molecule has 4 fully saturated rings. The lowest BCUT2D eigenvalue weighted by molar-refractivity contribution is -0.256. The minimum absolute atomic E-state index is 0.270. The lowest BCUT2D eigenvalue weighted by Crippen LogP contribution is -2.64. The van der Waals surface area contributed by atoms with Gasteiger partial charge in [-0.05, 0) is 60.5 Å². The zero-order valence-corrected chi connectivity index (χ0v) is 13.8. The Bertz CT molecular complexity index is 646. The highest BCUT2D eigenvalue weighted by Gasteiger charge is 2.65. The maximum Gasteiger partial charge on any atom is 0.0953 e. The van der Waals surface area contributed by atoms with E-state index in [1.807, 2.05) is 36.4 Å². The number of hydrogen-bond acceptors (Lipinski definition) is 2. The van der Waals surface area contributed by atoms with Crippen LogP contribution in [0, 0.1) is 23.7 Å². The van der Waals surface area contributed by atoms with Crippen molar-refractivity contribution in [2.75, 3.05) is 0 Å². The highest BCUT2D eigenvalue weighted by molar-refractivity contribution is 5.33. The molecule has 0 saturated heterocycles. The smallest absolute Gasteiger partial charge is 0.0953 e. The quantitative estimate of drug-likeness (QED) is 0.883. The van der Waals surface area contributed by atoms with Crippen molar-refractivity contribution in [3.63, 3.8) is 0 Å². The van der Waals surface area contributed by atoms with Crippen LogP contribution in [0.5, 0.6) is 0 Å². The van der Waals surface area contributed by atoms with Crippen molar-refractivity contribution in [1.29, 1.82) is 0 Å². The predicted molar refractivity (Wildman–Crippen MR) is 93.1 cm³/mol. The molecule has 124 valence electrons. The summed E-state index contributed by atoms with van der Waals surface area (Å²) in [7, 11) is 0. The molecule has 0 unspecified atom stereocenters. The summed E-state index contributed by atoms with van der Waals surface area (Å²) in [6, 6.07) is 20.4. The van der Waals surface area contributed by atoms with Crippen molar-refractivity contribution in [3.05, 3.63) is 71.8 Å². The van der Waals surface area contributed by atoms with Gasteiger partial charge in [0, 0.05) is 0 Å². The number of benzene rings is 2. The third-order valence-electron chi connectivity index (χ3n) is 7.24. The van der Waals surface area contributed by atoms with Gasteiger partial charge in [0.1, 0.15) is 0 Å². The van der Waals surface area contributed by atoms with Crippen LogP contribution in [0.3, 0.4) is 0 Å². The van der Waals surface area contributed by atoms with Gasteiger partial charge in [0.2, 0.25) is 0 Å². The van der Waals surface area contributed by atoms with E-state index in [9.17, 15) is 10.2 Å². The van der Waals surface area contributed by atoms with Crippen molar-refractivity contribution in [2.45, 2.75) is 36.9 Å². The second-order valence-electron chi connectivity index (χ2n) is 8.11. The van der Waals surface area contributed by atoms with Gasteiger partial charge in [0.25, 0.3) is 0 Å². The van der Waals surface area contributed by atoms with Crippen LogP contribution in [-0.2, 0) is 11.2 Å². The van der Waals surface area contributed by atoms with Crippen molar-refractivity contribution in [3.8, 4) is 0 Å². The van der Waals surface area contributed by atoms with Crippen LogP contribution in [0.15, 0.2) is 60.7 Å². The van der Waals surface area contributed by atoms with Crippen LogP contribution >= 0.6 is 0 Å². The molecule has 6 rings (SSSR count). The van der Waals surface area contributed by atoms with Gasteiger partial charge in [-0.1, -0.05) is 60.7 Å². The molecule has 0 heterocycles. The fourth-order valence-corrected chi connectivity index (χ4v) is 6.22. The Balaban J connectivity index is 1.54. The average Bonchev–Trinajstić information content (AvgIpc) is 2.62. The number of aliphatic hydroxyl groups is 2. The number of rotatable bonds is 2. The minimum atomic E-state index is -0.702. The van der Waals surface area contributed by atoms with Gasteiger partial charge in [-0.3, -0.25) is 0 Å². The average molecular weight is 320 g/mol. The SMILES string of the molecule is OC1(c2ccccc2)C2CC3CC1CC(C2)C3(O)c1ccccc1. The third kappa shape index (κ3) is 1.73. The number of hydrogen-bond donors (Lipinski definition) is 2. The first-order valence-corrected chi connectivity index (χ1v) is 9.19. The monoisotopic (exact) mass is 320 g/mol. The fraction of sp³-hybridized carbons (Fsp3) is 0.455. The molecule has 0 aromatic heterocycles. The van der Waals surface area contributed by atoms with Gasteiger partial charge in [-0.2, -0.15) is 0 Å². The first kappa shape index (κ1) is 14.7. The second kappa shape index (κ2) is 4.93. The zero-order valence-electron chi connectivity index (χ0n) is 13.8. The van der Waals surface area contributed by atoms with Crippen LogP contribution in [0.4, 0.5) is 0 Å². The highest BCUT2D eigenvalue weighted by Crippen LogP contribution is 2.67. The maximum atomic E-state index is 11.6. The van der Waals surface area contributed by atoms with Crippen LogP contribution < -0.4 is 0 Å². The summed E-state index contributed by atoms with van der Waals surface area (Å²) in [6.07, 6.45) is 3.68. The van der Waals surface area contributed by atoms with Crippen molar-refractivity contribution < 1.29 is 10.2 Å². The summed E-state index contributed by atoms with van der Waals surface area (Å²) >= 11 is 0. The van der Waals surface area contributed by atoms with Gasteiger partial charge in [-0.15, -0.1) is 0 Å². The van der Waals surface area contributed by atoms with Crippen LogP contribution in [0.1, 0.15) is 36.8 Å². The van der Waals surface area contributed by atoms with Crippen LogP contribution in [0.2, 0.25) is 0 Å². The molecule has 0 atom stereocenters. The minimum Gasteiger partial charge on any atom is -0.385 e. The van der Waals surface area contributed by atoms with Gasteiger partial charge in [0.15, 0.2) is 0 Å². The molecule has 0 radical (unpaired) electrons. The Labute approximate surface area is 143 Å². The molecule has 0 aliphatic heterocycles. The molecule has 24 heavy (non-hydrogen) atoms. The van der Waals surface area contributed by atoms with Crippen molar-refractivity contribution >= 4 is 0 Å². The predicted octanol–water partition coefficient (Wildman–Crippen LogP) is 3.83. The highest BCUT2D eigenvalue weighted by atomic mass is 16.3. The van der Waals surface area contributed by atoms with E-state index in [1.54, 1.807) is 0 Å². The Morgan fingerprint density at radius 1 is 0.542 bits per heavy atom. The normalized spacial score (nSPS) is 43.1. The second-order valence-corrected chi connectivity index (χ2v) is 8.11. The maximum absolute atomic E-state index is 11.6. The molecule has 2 aromatic rings. The topological polar surface area (TPSA) is 40.5 Å². The Morgan fingerprint density at radius 2 is 0.833 bits per heavy atom. The zero-order chi connectivity index (χ0) is 16.4. The van der Waals surface area contributed by atoms with Gasteiger partial charge in [0.05, 0.1) is 11.2 Å². The summed E-state index contributed by atoms with van der Waals surface area (Å²) in [5.41, 5.74) is 0.738. The van der Waals surface area contributed by atoms with Crippen molar-refractivity contribution in [1.82, 2.24) is 0 Å². The lowest BCUT2D eigenvalue weighted by Gasteiger charge is -2.65. The molecular weight excluding hydrogens is 296 g/mol. The molecule has 4 aliphatic rings. The first-order chi connectivity index (χ1) is 11.6. The molecule has 0 spiro atoms. The lowest BCUT2D eigenvalue weighted by atomic mass is 9.43. The van der Waals surface area contributed by atoms with Crippen molar-refractivity contribution in [2.24, 2.45) is 23.7 Å². The molecule has 4 saturated carbocycles. The van der Waals surface area contributed by atoms with E-state index in [0.717, 1.165) is 36.8 Å². The molecule has 2 N–H and O–H groups in total. The summed E-state index contributed by atoms with van der Waals surface area (Å²) in [6.45, 7) is 0. The van der Waals surface area contributed by atoms with E-state index in [1.165, 1.54) is 0 Å². The Morgan fingerprint density at radius 3 is 1.12 bits per heavy atom. The molecule has 2 nitrogen and oxygen atoms in total. The van der Waals surface area contributed by atoms with E-state index in [0.29, 0.717) is 0 Å². The summed E-state index contributed by atoms with van der Waals surface area (Å²) in [5, 5.41) is 23.2. The van der Waals surface area contributed by atoms with Crippen LogP contribution in [-0.4, -0.2) is 10.2 Å². The van der Waals surface area contributed by atoms with E-state index in [-0.39, 0.29) is 23.7 Å².